The summed E-state index contributed by atoms with van der Waals surface area (Å²) in [4.78, 5) is 0.856. The summed E-state index contributed by atoms with van der Waals surface area (Å²) in [7, 11) is 0. The maximum atomic E-state index is 6.62. The van der Waals surface area contributed by atoms with Gasteiger partial charge in [0.05, 0.1) is 4.87 Å². The molecule has 0 bridgehead atoms. The Bertz CT molecular complexity index is 373. The van der Waals surface area contributed by atoms with Crippen LogP contribution < -0.4 is 0 Å². The van der Waals surface area contributed by atoms with Gasteiger partial charge >= 0.3 is 0 Å². The molecule has 1 spiro atoms. The summed E-state index contributed by atoms with van der Waals surface area (Å²) in [6.45, 7) is 9.32. The Labute approximate surface area is 133 Å². The van der Waals surface area contributed by atoms with Crippen LogP contribution in [0.15, 0.2) is 11.6 Å². The van der Waals surface area contributed by atoms with Gasteiger partial charge in [-0.25, -0.2) is 0 Å². The van der Waals surface area contributed by atoms with Crippen molar-refractivity contribution in [3.05, 3.63) is 11.6 Å². The van der Waals surface area contributed by atoms with Gasteiger partial charge in [-0.2, -0.15) is 0 Å². The molecule has 104 valence electrons. The summed E-state index contributed by atoms with van der Waals surface area (Å²) in [5.74, 6) is 0. The normalized spacial score (nSPS) is 48.1. The quantitative estimate of drug-likeness (QED) is 0.344. The number of allylic oxidation sites excluding steroid dienone is 2. The third-order valence-electron chi connectivity index (χ3n) is 5.62. The molecule has 0 heterocycles. The molecule has 0 aliphatic heterocycles. The van der Waals surface area contributed by atoms with Gasteiger partial charge in [0.1, 0.15) is 0 Å². The number of rotatable bonds is 0. The van der Waals surface area contributed by atoms with Crippen LogP contribution in [0.2, 0.25) is 0 Å². The summed E-state index contributed by atoms with van der Waals surface area (Å²) in [6, 6.07) is 0. The fourth-order valence-corrected chi connectivity index (χ4v) is 5.34. The highest BCUT2D eigenvalue weighted by Gasteiger charge is 2.56. The van der Waals surface area contributed by atoms with E-state index < -0.39 is 0 Å². The van der Waals surface area contributed by atoms with Crippen LogP contribution in [0.5, 0.6) is 0 Å². The Morgan fingerprint density at radius 2 is 1.78 bits per heavy atom. The SMILES string of the molecule is CC1=CC[C@@H](Br)C(C)(C)[C@@]12CC[C@](C)(Cl)[C@@H](Br)C2. The van der Waals surface area contributed by atoms with Gasteiger partial charge in [-0.15, -0.1) is 11.6 Å². The highest BCUT2D eigenvalue weighted by atomic mass is 79.9. The number of hydrogen-bond donors (Lipinski definition) is 0. The second-order valence-electron chi connectivity index (χ2n) is 6.84. The molecule has 2 rings (SSSR count). The lowest BCUT2D eigenvalue weighted by molar-refractivity contribution is 0.0482. The first-order valence-electron chi connectivity index (χ1n) is 6.78. The molecular weight excluding hydrogens is 375 g/mol. The Hall–Kier alpha value is 0.990. The highest BCUT2D eigenvalue weighted by Crippen LogP contribution is 2.63. The van der Waals surface area contributed by atoms with Crippen molar-refractivity contribution in [3.8, 4) is 0 Å². The van der Waals surface area contributed by atoms with Gasteiger partial charge in [-0.05, 0) is 50.4 Å². The minimum absolute atomic E-state index is 0.0964. The zero-order chi connectivity index (χ0) is 13.8. The first-order valence-corrected chi connectivity index (χ1v) is 8.99. The monoisotopic (exact) mass is 396 g/mol. The third-order valence-corrected chi connectivity index (χ3v) is 9.19. The van der Waals surface area contributed by atoms with Crippen LogP contribution in [0.1, 0.15) is 53.4 Å². The lowest BCUT2D eigenvalue weighted by Crippen LogP contribution is -2.53. The molecule has 0 aromatic carbocycles. The predicted octanol–water partition coefficient (Wildman–Crippen LogP) is 6.06. The molecule has 2 aliphatic rings. The number of hydrogen-bond acceptors (Lipinski definition) is 0. The van der Waals surface area contributed by atoms with Crippen molar-refractivity contribution in [2.45, 2.75) is 67.9 Å². The van der Waals surface area contributed by atoms with E-state index in [9.17, 15) is 0 Å². The van der Waals surface area contributed by atoms with Crippen molar-refractivity contribution in [1.29, 1.82) is 0 Å². The molecular formula is C15H23Br2Cl. The van der Waals surface area contributed by atoms with E-state index in [0.717, 1.165) is 19.3 Å². The van der Waals surface area contributed by atoms with Crippen LogP contribution in [0.25, 0.3) is 0 Å². The van der Waals surface area contributed by atoms with E-state index >= 15 is 0 Å². The standard InChI is InChI=1S/C15H23Br2Cl/c1-10-5-6-11(16)13(2,3)15(10)8-7-14(4,18)12(17)9-15/h5,11-12H,6-9H2,1-4H3/t11-,12+,14+,15-/m1/s1. The van der Waals surface area contributed by atoms with Gasteiger partial charge in [0.15, 0.2) is 0 Å². The van der Waals surface area contributed by atoms with Crippen LogP contribution >= 0.6 is 43.5 Å². The van der Waals surface area contributed by atoms with Crippen LogP contribution in [0.3, 0.4) is 0 Å². The summed E-state index contributed by atoms with van der Waals surface area (Å²) in [5, 5.41) is 0. The Morgan fingerprint density at radius 3 is 2.33 bits per heavy atom. The van der Waals surface area contributed by atoms with Crippen LogP contribution in [-0.2, 0) is 0 Å². The summed E-state index contributed by atoms with van der Waals surface area (Å²) in [6.07, 6.45) is 7.00. The van der Waals surface area contributed by atoms with E-state index in [4.69, 9.17) is 11.6 Å². The fourth-order valence-electron chi connectivity index (χ4n) is 3.76. The molecule has 0 amide bonds. The maximum absolute atomic E-state index is 6.62. The van der Waals surface area contributed by atoms with Crippen molar-refractivity contribution in [2.75, 3.05) is 0 Å². The molecule has 3 heteroatoms. The van der Waals surface area contributed by atoms with E-state index in [-0.39, 0.29) is 10.3 Å². The molecule has 0 unspecified atom stereocenters. The number of halogens is 3. The molecule has 0 aromatic rings. The van der Waals surface area contributed by atoms with Gasteiger partial charge in [0.25, 0.3) is 0 Å². The van der Waals surface area contributed by atoms with Crippen LogP contribution in [0, 0.1) is 10.8 Å². The van der Waals surface area contributed by atoms with Gasteiger partial charge < -0.3 is 0 Å². The molecule has 4 atom stereocenters. The van der Waals surface area contributed by atoms with E-state index in [0.29, 0.717) is 15.1 Å². The lowest BCUT2D eigenvalue weighted by atomic mass is 9.51. The van der Waals surface area contributed by atoms with Crippen molar-refractivity contribution in [1.82, 2.24) is 0 Å². The first kappa shape index (κ1) is 15.4. The molecule has 0 saturated heterocycles. The molecule has 1 saturated carbocycles. The second-order valence-corrected chi connectivity index (χ2v) is 9.92. The zero-order valence-corrected chi connectivity index (χ0v) is 15.6. The zero-order valence-electron chi connectivity index (χ0n) is 11.7. The molecule has 18 heavy (non-hydrogen) atoms. The molecule has 2 aliphatic carbocycles. The minimum atomic E-state index is -0.0964. The summed E-state index contributed by atoms with van der Waals surface area (Å²) in [5.41, 5.74) is 2.15. The van der Waals surface area contributed by atoms with E-state index in [1.54, 1.807) is 5.57 Å². The predicted molar refractivity (Wildman–Crippen MR) is 88.1 cm³/mol. The molecule has 0 nitrogen and oxygen atoms in total. The van der Waals surface area contributed by atoms with E-state index in [1.807, 2.05) is 0 Å². The molecule has 0 radical (unpaired) electrons. The van der Waals surface area contributed by atoms with Crippen molar-refractivity contribution in [3.63, 3.8) is 0 Å². The Balaban J connectivity index is 2.41. The number of alkyl halides is 3. The van der Waals surface area contributed by atoms with Crippen molar-refractivity contribution >= 4 is 43.5 Å². The van der Waals surface area contributed by atoms with Gasteiger partial charge in [-0.1, -0.05) is 57.4 Å². The van der Waals surface area contributed by atoms with Crippen molar-refractivity contribution < 1.29 is 0 Å². The van der Waals surface area contributed by atoms with Crippen LogP contribution in [-0.4, -0.2) is 14.5 Å². The van der Waals surface area contributed by atoms with Crippen LogP contribution in [0.4, 0.5) is 0 Å². The fraction of sp³-hybridized carbons (Fsp3) is 0.867. The average molecular weight is 399 g/mol. The summed E-state index contributed by atoms with van der Waals surface area (Å²) >= 11 is 14.4. The topological polar surface area (TPSA) is 0 Å². The smallest absolute Gasteiger partial charge is 0.0544 e. The average Bonchev–Trinajstić information content (AvgIpc) is 2.27. The highest BCUT2D eigenvalue weighted by molar-refractivity contribution is 9.09. The van der Waals surface area contributed by atoms with E-state index in [2.05, 4.69) is 65.6 Å². The minimum Gasteiger partial charge on any atom is -0.118 e. The summed E-state index contributed by atoms with van der Waals surface area (Å²) < 4.78 is 0. The lowest BCUT2D eigenvalue weighted by Gasteiger charge is -2.58. The Morgan fingerprint density at radius 1 is 1.17 bits per heavy atom. The van der Waals surface area contributed by atoms with E-state index in [1.165, 1.54) is 6.42 Å². The largest absolute Gasteiger partial charge is 0.118 e. The van der Waals surface area contributed by atoms with Crippen molar-refractivity contribution in [2.24, 2.45) is 10.8 Å². The molecule has 1 fully saturated rings. The maximum Gasteiger partial charge on any atom is 0.0544 e. The van der Waals surface area contributed by atoms with Gasteiger partial charge in [0, 0.05) is 9.65 Å². The van der Waals surface area contributed by atoms with Gasteiger partial charge in [-0.3, -0.25) is 0 Å². The Kier molecular flexibility index (Phi) is 4.08. The molecule has 0 N–H and O–H groups in total. The first-order chi connectivity index (χ1) is 8.13. The molecule has 0 aromatic heterocycles. The van der Waals surface area contributed by atoms with Gasteiger partial charge in [0.2, 0.25) is 0 Å². The second kappa shape index (κ2) is 4.77. The third kappa shape index (κ3) is 2.15.